The number of β-lactam (4-membered cyclic amide) rings is 1. The maximum Gasteiger partial charge on any atom is 0.257 e. The zero-order valence-corrected chi connectivity index (χ0v) is 17.3. The number of aromatic nitrogens is 3. The molecule has 0 N–H and O–H groups in total. The lowest BCUT2D eigenvalue weighted by atomic mass is 9.86. The summed E-state index contributed by atoms with van der Waals surface area (Å²) >= 11 is 0. The predicted octanol–water partition coefficient (Wildman–Crippen LogP) is 1.03. The Morgan fingerprint density at radius 1 is 1.20 bits per heavy atom. The van der Waals surface area contributed by atoms with Crippen molar-refractivity contribution in [2.45, 2.75) is 31.0 Å². The van der Waals surface area contributed by atoms with Crippen LogP contribution in [0.15, 0.2) is 36.9 Å². The molecule has 160 valence electrons. The van der Waals surface area contributed by atoms with Crippen LogP contribution in [0.1, 0.15) is 34.8 Å². The number of methoxy groups -OCH3 is 1. The molecule has 0 aliphatic carbocycles. The van der Waals surface area contributed by atoms with Crippen molar-refractivity contribution in [1.29, 1.82) is 0 Å². The molecule has 0 unspecified atom stereocenters. The molecule has 0 aromatic carbocycles. The summed E-state index contributed by atoms with van der Waals surface area (Å²) in [5.74, 6) is -0.00658. The molecule has 2 aliphatic heterocycles. The SMILES string of the molecule is COCCO[C@H]1C(=O)N(C2CCN(C(=O)c3cnn(C)c3)CC2)[C@H]1c1ccncc1. The van der Waals surface area contributed by atoms with Crippen molar-refractivity contribution >= 4 is 11.8 Å². The second-order valence-corrected chi connectivity index (χ2v) is 7.68. The number of carbonyl (C=O) groups is 2. The van der Waals surface area contributed by atoms with Crippen molar-refractivity contribution < 1.29 is 19.1 Å². The molecule has 2 aliphatic rings. The van der Waals surface area contributed by atoms with Crippen molar-refractivity contribution in [2.24, 2.45) is 7.05 Å². The highest BCUT2D eigenvalue weighted by molar-refractivity contribution is 5.94. The Balaban J connectivity index is 1.42. The third-order valence-electron chi connectivity index (χ3n) is 5.81. The number of piperidine rings is 1. The molecule has 9 nitrogen and oxygen atoms in total. The van der Waals surface area contributed by atoms with E-state index in [9.17, 15) is 9.59 Å². The molecule has 0 radical (unpaired) electrons. The third-order valence-corrected chi connectivity index (χ3v) is 5.81. The van der Waals surface area contributed by atoms with Crippen LogP contribution in [0.5, 0.6) is 0 Å². The molecule has 2 amide bonds. The molecule has 0 saturated carbocycles. The van der Waals surface area contributed by atoms with Gasteiger partial charge in [0.05, 0.1) is 31.0 Å². The van der Waals surface area contributed by atoms with Crippen LogP contribution in [0.4, 0.5) is 0 Å². The van der Waals surface area contributed by atoms with Gasteiger partial charge in [-0.15, -0.1) is 0 Å². The molecule has 2 aromatic heterocycles. The van der Waals surface area contributed by atoms with Crippen LogP contribution in [0, 0.1) is 0 Å². The Kier molecular flexibility index (Phi) is 6.10. The minimum absolute atomic E-state index is 0.00458. The Hall–Kier alpha value is -2.78. The van der Waals surface area contributed by atoms with Crippen LogP contribution in [0.2, 0.25) is 0 Å². The molecule has 2 aromatic rings. The van der Waals surface area contributed by atoms with E-state index >= 15 is 0 Å². The summed E-state index contributed by atoms with van der Waals surface area (Å²) < 4.78 is 12.5. The highest BCUT2D eigenvalue weighted by atomic mass is 16.5. The van der Waals surface area contributed by atoms with Crippen molar-refractivity contribution in [3.8, 4) is 0 Å². The maximum atomic E-state index is 12.9. The van der Waals surface area contributed by atoms with Gasteiger partial charge in [0.25, 0.3) is 11.8 Å². The van der Waals surface area contributed by atoms with Crippen LogP contribution in [-0.2, 0) is 21.3 Å². The average Bonchev–Trinajstić information content (AvgIpc) is 3.21. The van der Waals surface area contributed by atoms with E-state index in [0.717, 1.165) is 18.4 Å². The number of rotatable bonds is 7. The molecule has 30 heavy (non-hydrogen) atoms. The molecule has 0 bridgehead atoms. The summed E-state index contributed by atoms with van der Waals surface area (Å²) in [5.41, 5.74) is 1.61. The van der Waals surface area contributed by atoms with E-state index in [-0.39, 0.29) is 23.9 Å². The van der Waals surface area contributed by atoms with E-state index in [1.54, 1.807) is 43.6 Å². The van der Waals surface area contributed by atoms with Gasteiger partial charge < -0.3 is 19.3 Å². The summed E-state index contributed by atoms with van der Waals surface area (Å²) in [5, 5.41) is 4.08. The average molecular weight is 413 g/mol. The van der Waals surface area contributed by atoms with Gasteiger partial charge in [-0.05, 0) is 30.5 Å². The minimum atomic E-state index is -0.502. The number of aryl methyl sites for hydroxylation is 1. The number of nitrogens with zero attached hydrogens (tertiary/aromatic N) is 5. The summed E-state index contributed by atoms with van der Waals surface area (Å²) in [7, 11) is 3.40. The Labute approximate surface area is 175 Å². The number of hydrogen-bond donors (Lipinski definition) is 0. The molecular formula is C21H27N5O4. The van der Waals surface area contributed by atoms with Gasteiger partial charge in [0.1, 0.15) is 0 Å². The van der Waals surface area contributed by atoms with Gasteiger partial charge in [0.15, 0.2) is 6.10 Å². The summed E-state index contributed by atoms with van der Waals surface area (Å²) in [4.78, 5) is 33.5. The lowest BCUT2D eigenvalue weighted by Crippen LogP contribution is -2.65. The van der Waals surface area contributed by atoms with Gasteiger partial charge in [-0.25, -0.2) is 0 Å². The van der Waals surface area contributed by atoms with Gasteiger partial charge in [-0.1, -0.05) is 0 Å². The molecule has 4 rings (SSSR count). The fourth-order valence-electron chi connectivity index (χ4n) is 4.27. The van der Waals surface area contributed by atoms with Crippen molar-refractivity contribution in [2.75, 3.05) is 33.4 Å². The molecule has 9 heteroatoms. The topological polar surface area (TPSA) is 89.8 Å². The van der Waals surface area contributed by atoms with E-state index in [1.807, 2.05) is 21.9 Å². The van der Waals surface area contributed by atoms with Crippen LogP contribution in [0.25, 0.3) is 0 Å². The van der Waals surface area contributed by atoms with E-state index in [1.165, 1.54) is 0 Å². The highest BCUT2D eigenvalue weighted by Crippen LogP contribution is 2.40. The number of likely N-dealkylation sites (tertiary alicyclic amines) is 2. The van der Waals surface area contributed by atoms with E-state index in [2.05, 4.69) is 10.1 Å². The van der Waals surface area contributed by atoms with Gasteiger partial charge in [0, 0.05) is 51.9 Å². The fourth-order valence-corrected chi connectivity index (χ4v) is 4.27. The van der Waals surface area contributed by atoms with Gasteiger partial charge in [-0.2, -0.15) is 5.10 Å². The Bertz CT molecular complexity index is 879. The molecule has 4 heterocycles. The van der Waals surface area contributed by atoms with Crippen molar-refractivity contribution in [3.05, 3.63) is 48.0 Å². The zero-order valence-electron chi connectivity index (χ0n) is 17.3. The summed E-state index contributed by atoms with van der Waals surface area (Å²) in [6.45, 7) is 2.04. The van der Waals surface area contributed by atoms with Gasteiger partial charge in [-0.3, -0.25) is 19.3 Å². The number of amides is 2. The Morgan fingerprint density at radius 2 is 1.93 bits per heavy atom. The normalized spacial score (nSPS) is 22.3. The first-order chi connectivity index (χ1) is 14.6. The predicted molar refractivity (Wildman–Crippen MR) is 108 cm³/mol. The lowest BCUT2D eigenvalue weighted by molar-refractivity contribution is -0.183. The first kappa shape index (κ1) is 20.5. The quantitative estimate of drug-likeness (QED) is 0.498. The Morgan fingerprint density at radius 3 is 2.57 bits per heavy atom. The van der Waals surface area contributed by atoms with Crippen LogP contribution in [-0.4, -0.2) is 81.9 Å². The van der Waals surface area contributed by atoms with E-state index < -0.39 is 6.10 Å². The highest BCUT2D eigenvalue weighted by Gasteiger charge is 2.52. The van der Waals surface area contributed by atoms with Crippen LogP contribution >= 0.6 is 0 Å². The second-order valence-electron chi connectivity index (χ2n) is 7.68. The molecule has 2 fully saturated rings. The number of ether oxygens (including phenoxy) is 2. The number of pyridine rings is 1. The van der Waals surface area contributed by atoms with Gasteiger partial charge >= 0.3 is 0 Å². The van der Waals surface area contributed by atoms with Gasteiger partial charge in [0.2, 0.25) is 0 Å². The number of carbonyl (C=O) groups excluding carboxylic acids is 2. The smallest absolute Gasteiger partial charge is 0.257 e. The van der Waals surface area contributed by atoms with E-state index in [0.29, 0.717) is 31.9 Å². The van der Waals surface area contributed by atoms with Crippen LogP contribution in [0.3, 0.4) is 0 Å². The monoisotopic (exact) mass is 413 g/mol. The van der Waals surface area contributed by atoms with Crippen molar-refractivity contribution in [1.82, 2.24) is 24.6 Å². The van der Waals surface area contributed by atoms with E-state index in [4.69, 9.17) is 9.47 Å². The molecular weight excluding hydrogens is 386 g/mol. The zero-order chi connectivity index (χ0) is 21.1. The first-order valence-corrected chi connectivity index (χ1v) is 10.2. The molecule has 2 saturated heterocycles. The second kappa shape index (κ2) is 8.93. The third kappa shape index (κ3) is 3.95. The molecule has 0 spiro atoms. The largest absolute Gasteiger partial charge is 0.382 e. The fraction of sp³-hybridized carbons (Fsp3) is 0.524. The summed E-state index contributed by atoms with van der Waals surface area (Å²) in [6.07, 6.45) is 7.77. The first-order valence-electron chi connectivity index (χ1n) is 10.2. The van der Waals surface area contributed by atoms with Crippen molar-refractivity contribution in [3.63, 3.8) is 0 Å². The molecule has 2 atom stereocenters. The number of hydrogen-bond acceptors (Lipinski definition) is 6. The summed E-state index contributed by atoms with van der Waals surface area (Å²) in [6, 6.07) is 3.80. The standard InChI is InChI=1S/C21H27N5O4/c1-24-14-16(13-23-24)20(27)25-9-5-17(6-10-25)26-18(15-3-7-22-8-4-15)19(21(26)28)30-12-11-29-2/h3-4,7-8,13-14,17-19H,5-6,9-12H2,1-2H3/t18-,19+/m0/s1. The lowest BCUT2D eigenvalue weighted by Gasteiger charge is -2.52. The van der Waals surface area contributed by atoms with Crippen LogP contribution < -0.4 is 0 Å². The maximum absolute atomic E-state index is 12.9. The minimum Gasteiger partial charge on any atom is -0.382 e.